The zero-order valence-corrected chi connectivity index (χ0v) is 26.7. The molecule has 1 aliphatic heterocycles. The molecule has 11 heteroatoms. The van der Waals surface area contributed by atoms with Crippen LogP contribution in [0, 0.1) is 0 Å². The number of halogens is 3. The van der Waals surface area contributed by atoms with E-state index in [4.69, 9.17) is 37.4 Å². The van der Waals surface area contributed by atoms with Crippen LogP contribution in [0.2, 0.25) is 10.0 Å². The molecule has 216 valence electrons. The Morgan fingerprint density at radius 3 is 2.55 bits per heavy atom. The molecule has 0 N–H and O–H groups in total. The SMILES string of the molecule is CCOC(=O)C1=C(C)N=c2s/c(=C\c3ccc(OCc4ccc(Cl)cc4Cl)c(Br)c3)c(=O)n2[C@H]1c1ccc(OC)cc1. The molecule has 5 rings (SSSR count). The van der Waals surface area contributed by atoms with Crippen molar-refractivity contribution in [2.24, 2.45) is 4.99 Å². The molecule has 0 fully saturated rings. The fourth-order valence-electron chi connectivity index (χ4n) is 4.56. The van der Waals surface area contributed by atoms with Crippen molar-refractivity contribution in [3.63, 3.8) is 0 Å². The van der Waals surface area contributed by atoms with Gasteiger partial charge in [0.1, 0.15) is 18.1 Å². The maximum atomic E-state index is 13.8. The van der Waals surface area contributed by atoms with E-state index in [1.165, 1.54) is 11.3 Å². The smallest absolute Gasteiger partial charge is 0.338 e. The van der Waals surface area contributed by atoms with Crippen molar-refractivity contribution < 1.29 is 19.0 Å². The summed E-state index contributed by atoms with van der Waals surface area (Å²) in [5.41, 5.74) is 2.90. The molecule has 42 heavy (non-hydrogen) atoms. The number of rotatable bonds is 8. The first kappa shape index (κ1) is 30.1. The van der Waals surface area contributed by atoms with Gasteiger partial charge in [0.25, 0.3) is 5.56 Å². The highest BCUT2D eigenvalue weighted by Crippen LogP contribution is 2.32. The Kier molecular flexibility index (Phi) is 9.22. The largest absolute Gasteiger partial charge is 0.497 e. The lowest BCUT2D eigenvalue weighted by Gasteiger charge is -2.24. The maximum Gasteiger partial charge on any atom is 0.338 e. The molecule has 4 aromatic rings. The molecule has 0 amide bonds. The monoisotopic (exact) mass is 686 g/mol. The number of hydrogen-bond acceptors (Lipinski definition) is 7. The van der Waals surface area contributed by atoms with Gasteiger partial charge in [-0.1, -0.05) is 58.8 Å². The van der Waals surface area contributed by atoms with Crippen molar-refractivity contribution in [1.82, 2.24) is 4.57 Å². The van der Waals surface area contributed by atoms with Crippen molar-refractivity contribution in [2.75, 3.05) is 13.7 Å². The topological polar surface area (TPSA) is 79.1 Å². The molecule has 0 saturated carbocycles. The van der Waals surface area contributed by atoms with Crippen molar-refractivity contribution in [2.45, 2.75) is 26.5 Å². The Bertz CT molecular complexity index is 1880. The zero-order chi connectivity index (χ0) is 30.0. The van der Waals surface area contributed by atoms with Gasteiger partial charge in [-0.25, -0.2) is 9.79 Å². The number of fused-ring (bicyclic) bond motifs is 1. The van der Waals surface area contributed by atoms with E-state index in [1.54, 1.807) is 55.9 Å². The van der Waals surface area contributed by atoms with E-state index in [0.717, 1.165) is 16.7 Å². The van der Waals surface area contributed by atoms with E-state index in [-0.39, 0.29) is 18.8 Å². The van der Waals surface area contributed by atoms with Crippen LogP contribution in [-0.2, 0) is 16.1 Å². The number of methoxy groups -OCH3 is 1. The number of hydrogen-bond donors (Lipinski definition) is 0. The summed E-state index contributed by atoms with van der Waals surface area (Å²) in [6, 6.07) is 17.4. The third-order valence-corrected chi connectivity index (χ3v) is 8.79. The minimum atomic E-state index is -0.699. The van der Waals surface area contributed by atoms with Crippen LogP contribution in [0.15, 0.2) is 86.2 Å². The molecule has 0 aliphatic carbocycles. The summed E-state index contributed by atoms with van der Waals surface area (Å²) < 4.78 is 19.4. The van der Waals surface area contributed by atoms with E-state index >= 15 is 0 Å². The fraction of sp³-hybridized carbons (Fsp3) is 0.194. The molecule has 0 bridgehead atoms. The van der Waals surface area contributed by atoms with E-state index < -0.39 is 12.0 Å². The predicted molar refractivity (Wildman–Crippen MR) is 168 cm³/mol. The van der Waals surface area contributed by atoms with Gasteiger partial charge in [-0.3, -0.25) is 9.36 Å². The molecular weight excluding hydrogens is 663 g/mol. The third kappa shape index (κ3) is 6.20. The van der Waals surface area contributed by atoms with Gasteiger partial charge in [0.05, 0.1) is 40.0 Å². The second-order valence-electron chi connectivity index (χ2n) is 9.29. The third-order valence-electron chi connectivity index (χ3n) is 6.60. The zero-order valence-electron chi connectivity index (χ0n) is 22.8. The molecule has 3 aromatic carbocycles. The highest BCUT2D eigenvalue weighted by Gasteiger charge is 2.33. The van der Waals surface area contributed by atoms with Gasteiger partial charge in [-0.15, -0.1) is 0 Å². The van der Waals surface area contributed by atoms with Crippen LogP contribution in [0.1, 0.15) is 36.6 Å². The average molecular weight is 688 g/mol. The highest BCUT2D eigenvalue weighted by atomic mass is 79.9. The van der Waals surface area contributed by atoms with Crippen LogP contribution in [0.25, 0.3) is 6.08 Å². The van der Waals surface area contributed by atoms with E-state index in [9.17, 15) is 9.59 Å². The molecule has 0 spiro atoms. The summed E-state index contributed by atoms with van der Waals surface area (Å²) in [5, 5.41) is 1.09. The minimum Gasteiger partial charge on any atom is -0.497 e. The number of esters is 1. The van der Waals surface area contributed by atoms with Crippen LogP contribution in [0.5, 0.6) is 11.5 Å². The van der Waals surface area contributed by atoms with E-state index in [0.29, 0.717) is 46.6 Å². The molecule has 1 atom stereocenters. The lowest BCUT2D eigenvalue weighted by Crippen LogP contribution is -2.39. The molecule has 1 aliphatic rings. The van der Waals surface area contributed by atoms with Gasteiger partial charge in [-0.05, 0) is 83.4 Å². The molecule has 1 aromatic heterocycles. The van der Waals surface area contributed by atoms with Gasteiger partial charge in [-0.2, -0.15) is 0 Å². The molecule has 7 nitrogen and oxygen atoms in total. The second-order valence-corrected chi connectivity index (χ2v) is 12.0. The second kappa shape index (κ2) is 12.9. The number of carbonyl (C=O) groups is 1. The predicted octanol–water partition coefficient (Wildman–Crippen LogP) is 6.46. The Balaban J connectivity index is 1.51. The Labute approximate surface area is 264 Å². The van der Waals surface area contributed by atoms with Crippen molar-refractivity contribution >= 4 is 62.5 Å². The summed E-state index contributed by atoms with van der Waals surface area (Å²) in [6.07, 6.45) is 1.79. The number of nitrogens with zero attached hydrogens (tertiary/aromatic N) is 2. The van der Waals surface area contributed by atoms with Crippen molar-refractivity contribution in [3.05, 3.63) is 123 Å². The lowest BCUT2D eigenvalue weighted by molar-refractivity contribution is -0.139. The number of aromatic nitrogens is 1. The van der Waals surface area contributed by atoms with Crippen molar-refractivity contribution in [1.29, 1.82) is 0 Å². The molecule has 2 heterocycles. The normalized spacial score (nSPS) is 14.8. The first-order valence-electron chi connectivity index (χ1n) is 12.9. The first-order valence-corrected chi connectivity index (χ1v) is 15.3. The van der Waals surface area contributed by atoms with Crippen LogP contribution < -0.4 is 24.4 Å². The molecule has 0 saturated heterocycles. The van der Waals surface area contributed by atoms with Gasteiger partial charge in [0, 0.05) is 15.6 Å². The molecular formula is C31H25BrCl2N2O5S. The van der Waals surface area contributed by atoms with Gasteiger partial charge < -0.3 is 14.2 Å². The van der Waals surface area contributed by atoms with Gasteiger partial charge in [0.15, 0.2) is 4.80 Å². The van der Waals surface area contributed by atoms with Crippen molar-refractivity contribution in [3.8, 4) is 11.5 Å². The number of thiazole rings is 1. The minimum absolute atomic E-state index is 0.205. The number of carbonyl (C=O) groups excluding carboxylic acids is 1. The van der Waals surface area contributed by atoms with Crippen LogP contribution in [-0.4, -0.2) is 24.3 Å². The summed E-state index contributed by atoms with van der Waals surface area (Å²) in [7, 11) is 1.58. The highest BCUT2D eigenvalue weighted by molar-refractivity contribution is 9.10. The van der Waals surface area contributed by atoms with Crippen LogP contribution in [0.3, 0.4) is 0 Å². The van der Waals surface area contributed by atoms with Gasteiger partial charge >= 0.3 is 5.97 Å². The summed E-state index contributed by atoms with van der Waals surface area (Å²) in [6.45, 7) is 3.97. The maximum absolute atomic E-state index is 13.8. The Morgan fingerprint density at radius 1 is 1.12 bits per heavy atom. The average Bonchev–Trinajstić information content (AvgIpc) is 3.26. The Hall–Kier alpha value is -3.37. The van der Waals surface area contributed by atoms with Crippen LogP contribution >= 0.6 is 50.5 Å². The molecule has 0 unspecified atom stereocenters. The Morgan fingerprint density at radius 2 is 1.88 bits per heavy atom. The molecule has 0 radical (unpaired) electrons. The first-order chi connectivity index (χ1) is 20.2. The van der Waals surface area contributed by atoms with Crippen LogP contribution in [0.4, 0.5) is 0 Å². The summed E-state index contributed by atoms with van der Waals surface area (Å²) in [5.74, 6) is 0.779. The number of ether oxygens (including phenoxy) is 3. The standard InChI is InChI=1S/C31H25BrCl2N2O5S/c1-4-40-30(38)27-17(2)35-31-36(28(27)19-7-10-22(39-3)11-8-19)29(37)26(42-31)14-18-5-12-25(23(32)13-18)41-16-20-6-9-21(33)15-24(20)34/h5-15,28H,4,16H2,1-3H3/b26-14-/t28-/m0/s1. The summed E-state index contributed by atoms with van der Waals surface area (Å²) >= 11 is 17.1. The van der Waals surface area contributed by atoms with E-state index in [1.807, 2.05) is 36.4 Å². The number of allylic oxidation sites excluding steroid dienone is 1. The van der Waals surface area contributed by atoms with E-state index in [2.05, 4.69) is 20.9 Å². The number of benzene rings is 3. The van der Waals surface area contributed by atoms with Gasteiger partial charge in [0.2, 0.25) is 0 Å². The fourth-order valence-corrected chi connectivity index (χ4v) is 6.58. The quantitative estimate of drug-likeness (QED) is 0.199. The summed E-state index contributed by atoms with van der Waals surface area (Å²) in [4.78, 5) is 32.0. The lowest BCUT2D eigenvalue weighted by atomic mass is 9.96.